The van der Waals surface area contributed by atoms with Crippen molar-refractivity contribution in [3.05, 3.63) is 29.3 Å². The van der Waals surface area contributed by atoms with Gasteiger partial charge in [-0.05, 0) is 39.2 Å². The molecule has 1 N–H and O–H groups in total. The Balaban J connectivity index is 1.60. The fourth-order valence-electron chi connectivity index (χ4n) is 2.22. The smallest absolute Gasteiger partial charge is 0.231 e. The van der Waals surface area contributed by atoms with Crippen molar-refractivity contribution < 1.29 is 14.3 Å². The van der Waals surface area contributed by atoms with E-state index >= 15 is 0 Å². The van der Waals surface area contributed by atoms with Gasteiger partial charge in [0.25, 0.3) is 0 Å². The monoisotopic (exact) mass is 347 g/mol. The van der Waals surface area contributed by atoms with Crippen LogP contribution in [0.25, 0.3) is 10.6 Å². The van der Waals surface area contributed by atoms with Crippen LogP contribution in [-0.2, 0) is 11.2 Å². The van der Waals surface area contributed by atoms with Crippen LogP contribution in [-0.4, -0.2) is 49.3 Å². The topological polar surface area (TPSA) is 63.7 Å². The summed E-state index contributed by atoms with van der Waals surface area (Å²) in [6, 6.07) is 6.06. The first-order chi connectivity index (χ1) is 11.5. The number of nitrogens with zero attached hydrogens (tertiary/aromatic N) is 2. The second kappa shape index (κ2) is 7.19. The molecule has 0 radical (unpaired) electrons. The number of amides is 1. The van der Waals surface area contributed by atoms with Crippen LogP contribution in [0.4, 0.5) is 0 Å². The highest BCUT2D eigenvalue weighted by molar-refractivity contribution is 7.13. The van der Waals surface area contributed by atoms with Crippen molar-refractivity contribution in [2.75, 3.05) is 27.4 Å². The Kier molecular flexibility index (Phi) is 5.01. The molecule has 0 spiro atoms. The summed E-state index contributed by atoms with van der Waals surface area (Å²) in [5.41, 5.74) is 1.75. The Hall–Kier alpha value is -2.12. The van der Waals surface area contributed by atoms with Crippen LogP contribution in [0.2, 0.25) is 0 Å². The predicted molar refractivity (Wildman–Crippen MR) is 93.5 cm³/mol. The Morgan fingerprint density at radius 2 is 2.17 bits per heavy atom. The largest absolute Gasteiger partial charge is 0.454 e. The summed E-state index contributed by atoms with van der Waals surface area (Å²) in [6.45, 7) is 2.96. The molecule has 128 valence electrons. The molecule has 1 atom stereocenters. The van der Waals surface area contributed by atoms with Gasteiger partial charge in [0.15, 0.2) is 11.5 Å². The van der Waals surface area contributed by atoms with Crippen molar-refractivity contribution >= 4 is 17.2 Å². The van der Waals surface area contributed by atoms with Crippen molar-refractivity contribution in [3.63, 3.8) is 0 Å². The van der Waals surface area contributed by atoms with E-state index in [4.69, 9.17) is 9.47 Å². The van der Waals surface area contributed by atoms with Gasteiger partial charge in [0.2, 0.25) is 12.7 Å². The van der Waals surface area contributed by atoms with Gasteiger partial charge in [0, 0.05) is 23.5 Å². The second-order valence-corrected chi connectivity index (χ2v) is 6.86. The van der Waals surface area contributed by atoms with E-state index in [9.17, 15) is 4.79 Å². The highest BCUT2D eigenvalue weighted by atomic mass is 32.1. The van der Waals surface area contributed by atoms with E-state index < -0.39 is 0 Å². The number of ether oxygens (including phenoxy) is 2. The van der Waals surface area contributed by atoms with E-state index in [1.165, 1.54) is 11.3 Å². The molecule has 0 unspecified atom stereocenters. The summed E-state index contributed by atoms with van der Waals surface area (Å²) in [7, 11) is 3.99. The standard InChI is InChI=1S/C17H21N3O3S/c1-11(20(2)3)8-18-16(21)7-13-9-24-17(19-13)12-4-5-14-15(6-12)23-10-22-14/h4-6,9,11H,7-8,10H2,1-3H3,(H,18,21)/t11-/m0/s1. The third-order valence-electron chi connectivity index (χ3n) is 3.99. The van der Waals surface area contributed by atoms with Gasteiger partial charge in [0.05, 0.1) is 12.1 Å². The number of carbonyl (C=O) groups is 1. The van der Waals surface area contributed by atoms with Gasteiger partial charge in [0.1, 0.15) is 5.01 Å². The van der Waals surface area contributed by atoms with Gasteiger partial charge in [-0.3, -0.25) is 4.79 Å². The maximum absolute atomic E-state index is 12.0. The molecular formula is C17H21N3O3S. The minimum Gasteiger partial charge on any atom is -0.454 e. The van der Waals surface area contributed by atoms with E-state index in [-0.39, 0.29) is 12.7 Å². The number of fused-ring (bicyclic) bond motifs is 1. The molecule has 0 saturated carbocycles. The number of benzene rings is 1. The van der Waals surface area contributed by atoms with E-state index in [2.05, 4.69) is 22.1 Å². The van der Waals surface area contributed by atoms with Crippen molar-refractivity contribution in [2.45, 2.75) is 19.4 Å². The lowest BCUT2D eigenvalue weighted by atomic mass is 10.2. The molecule has 0 saturated heterocycles. The van der Waals surface area contributed by atoms with Gasteiger partial charge in [-0.25, -0.2) is 4.98 Å². The summed E-state index contributed by atoms with van der Waals surface area (Å²) in [5, 5.41) is 5.74. The molecule has 24 heavy (non-hydrogen) atoms. The number of aromatic nitrogens is 1. The molecule has 1 amide bonds. The molecule has 0 aliphatic carbocycles. The molecular weight excluding hydrogens is 326 g/mol. The summed E-state index contributed by atoms with van der Waals surface area (Å²) >= 11 is 1.52. The van der Waals surface area contributed by atoms with Crippen molar-refractivity contribution in [1.82, 2.24) is 15.2 Å². The molecule has 1 aliphatic rings. The third kappa shape index (κ3) is 3.85. The minimum atomic E-state index is -0.00811. The SMILES string of the molecule is C[C@@H](CNC(=O)Cc1csc(-c2ccc3c(c2)OCO3)n1)N(C)C. The molecule has 7 heteroatoms. The molecule has 1 aromatic carbocycles. The van der Waals surface area contributed by atoms with Crippen LogP contribution >= 0.6 is 11.3 Å². The van der Waals surface area contributed by atoms with Crippen LogP contribution in [0.1, 0.15) is 12.6 Å². The Morgan fingerprint density at radius 3 is 2.96 bits per heavy atom. The molecule has 0 fully saturated rings. The average Bonchev–Trinajstić information content (AvgIpc) is 3.20. The Morgan fingerprint density at radius 1 is 1.38 bits per heavy atom. The molecule has 2 heterocycles. The first kappa shape index (κ1) is 16.7. The zero-order chi connectivity index (χ0) is 17.1. The maximum Gasteiger partial charge on any atom is 0.231 e. The zero-order valence-corrected chi connectivity index (χ0v) is 14.9. The fraction of sp³-hybridized carbons (Fsp3) is 0.412. The van der Waals surface area contributed by atoms with Crippen LogP contribution in [0.15, 0.2) is 23.6 Å². The summed E-state index contributed by atoms with van der Waals surface area (Å²) in [6.07, 6.45) is 0.293. The van der Waals surface area contributed by atoms with E-state index in [0.717, 1.165) is 27.8 Å². The number of hydrogen-bond donors (Lipinski definition) is 1. The van der Waals surface area contributed by atoms with E-state index in [1.54, 1.807) is 0 Å². The highest BCUT2D eigenvalue weighted by Gasteiger charge is 2.16. The van der Waals surface area contributed by atoms with Crippen LogP contribution in [0.3, 0.4) is 0 Å². The summed E-state index contributed by atoms with van der Waals surface area (Å²) in [4.78, 5) is 18.7. The first-order valence-corrected chi connectivity index (χ1v) is 8.68. The predicted octanol–water partition coefficient (Wildman–Crippen LogP) is 2.15. The third-order valence-corrected chi connectivity index (χ3v) is 4.93. The van der Waals surface area contributed by atoms with Gasteiger partial charge >= 0.3 is 0 Å². The Labute approximate surface area is 145 Å². The molecule has 3 rings (SSSR count). The number of hydrogen-bond acceptors (Lipinski definition) is 6. The number of likely N-dealkylation sites (N-methyl/N-ethyl adjacent to an activating group) is 1. The van der Waals surface area contributed by atoms with Gasteiger partial charge in [-0.15, -0.1) is 11.3 Å². The lowest BCUT2D eigenvalue weighted by Gasteiger charge is -2.19. The zero-order valence-electron chi connectivity index (χ0n) is 14.0. The quantitative estimate of drug-likeness (QED) is 0.867. The molecule has 1 aliphatic heterocycles. The number of nitrogens with one attached hydrogen (secondary N) is 1. The van der Waals surface area contributed by atoms with Crippen molar-refractivity contribution in [2.24, 2.45) is 0 Å². The van der Waals surface area contributed by atoms with E-state index in [0.29, 0.717) is 19.0 Å². The van der Waals surface area contributed by atoms with Crippen LogP contribution in [0, 0.1) is 0 Å². The number of thiazole rings is 1. The molecule has 1 aromatic heterocycles. The van der Waals surface area contributed by atoms with Gasteiger partial charge < -0.3 is 19.7 Å². The van der Waals surface area contributed by atoms with E-state index in [1.807, 2.05) is 37.7 Å². The molecule has 0 bridgehead atoms. The van der Waals surface area contributed by atoms with Crippen LogP contribution < -0.4 is 14.8 Å². The number of rotatable bonds is 6. The lowest BCUT2D eigenvalue weighted by molar-refractivity contribution is -0.120. The van der Waals surface area contributed by atoms with Crippen molar-refractivity contribution in [3.8, 4) is 22.1 Å². The lowest BCUT2D eigenvalue weighted by Crippen LogP contribution is -2.38. The first-order valence-electron chi connectivity index (χ1n) is 7.80. The van der Waals surface area contributed by atoms with Crippen molar-refractivity contribution in [1.29, 1.82) is 0 Å². The maximum atomic E-state index is 12.0. The fourth-order valence-corrected chi connectivity index (χ4v) is 3.04. The summed E-state index contributed by atoms with van der Waals surface area (Å²) < 4.78 is 10.7. The van der Waals surface area contributed by atoms with Gasteiger partial charge in [-0.1, -0.05) is 0 Å². The minimum absolute atomic E-state index is 0.00811. The normalized spacial score (nSPS) is 14.0. The van der Waals surface area contributed by atoms with Gasteiger partial charge in [-0.2, -0.15) is 0 Å². The molecule has 6 nitrogen and oxygen atoms in total. The van der Waals surface area contributed by atoms with Crippen LogP contribution in [0.5, 0.6) is 11.5 Å². The summed E-state index contributed by atoms with van der Waals surface area (Å²) in [5.74, 6) is 1.48. The average molecular weight is 347 g/mol. The highest BCUT2D eigenvalue weighted by Crippen LogP contribution is 2.36. The molecule has 2 aromatic rings. The number of carbonyl (C=O) groups excluding carboxylic acids is 1. The second-order valence-electron chi connectivity index (χ2n) is 6.01. The Bertz CT molecular complexity index is 730.